The zero-order chi connectivity index (χ0) is 17.5. The van der Waals surface area contributed by atoms with Crippen molar-refractivity contribution >= 4 is 33.3 Å². The molecule has 0 unspecified atom stereocenters. The van der Waals surface area contributed by atoms with E-state index in [0.29, 0.717) is 29.1 Å². The lowest BCUT2D eigenvalue weighted by molar-refractivity contribution is 0.102. The Morgan fingerprint density at radius 3 is 2.92 bits per heavy atom. The zero-order valence-electron chi connectivity index (χ0n) is 13.7. The number of thiophene rings is 1. The Kier molecular flexibility index (Phi) is 3.49. The van der Waals surface area contributed by atoms with Gasteiger partial charge in [-0.15, -0.1) is 11.3 Å². The standard InChI is InChI=1S/C18H14N6OS/c25-17(14-9-24(10-20-14)11-4-5-11)22-15-12-6-8-26-18(12)23-16(21-15)13-3-1-2-7-19-13/h1-3,6-11H,4-5H2,(H,21,22,23,25). The molecule has 1 saturated carbocycles. The highest BCUT2D eigenvalue weighted by atomic mass is 32.1. The minimum Gasteiger partial charge on any atom is -0.334 e. The first-order chi connectivity index (χ1) is 12.8. The zero-order valence-corrected chi connectivity index (χ0v) is 14.5. The molecule has 1 aliphatic rings. The number of nitrogens with one attached hydrogen (secondary N) is 1. The molecule has 0 radical (unpaired) electrons. The van der Waals surface area contributed by atoms with E-state index in [9.17, 15) is 4.79 Å². The molecule has 0 aliphatic heterocycles. The number of nitrogens with zero attached hydrogens (tertiary/aromatic N) is 5. The Morgan fingerprint density at radius 2 is 2.12 bits per heavy atom. The number of hydrogen-bond acceptors (Lipinski definition) is 6. The summed E-state index contributed by atoms with van der Waals surface area (Å²) in [5.41, 5.74) is 1.05. The topological polar surface area (TPSA) is 85.6 Å². The molecular weight excluding hydrogens is 348 g/mol. The molecule has 4 aromatic heterocycles. The summed E-state index contributed by atoms with van der Waals surface area (Å²) in [5, 5.41) is 5.62. The van der Waals surface area contributed by atoms with Gasteiger partial charge in [-0.3, -0.25) is 9.78 Å². The first-order valence-electron chi connectivity index (χ1n) is 8.29. The van der Waals surface area contributed by atoms with E-state index < -0.39 is 0 Å². The Bertz CT molecular complexity index is 1100. The highest BCUT2D eigenvalue weighted by Gasteiger charge is 2.24. The van der Waals surface area contributed by atoms with Crippen LogP contribution in [-0.4, -0.2) is 30.4 Å². The predicted molar refractivity (Wildman–Crippen MR) is 99.1 cm³/mol. The average molecular weight is 362 g/mol. The molecule has 0 bridgehead atoms. The minimum absolute atomic E-state index is 0.275. The summed E-state index contributed by atoms with van der Waals surface area (Å²) in [6.45, 7) is 0. The lowest BCUT2D eigenvalue weighted by Gasteiger charge is -2.06. The molecule has 1 N–H and O–H groups in total. The van der Waals surface area contributed by atoms with Crippen LogP contribution in [0, 0.1) is 0 Å². The number of imidazole rings is 1. The van der Waals surface area contributed by atoms with Crippen molar-refractivity contribution in [2.24, 2.45) is 0 Å². The van der Waals surface area contributed by atoms with Crippen molar-refractivity contribution in [3.8, 4) is 11.5 Å². The van der Waals surface area contributed by atoms with Crippen LogP contribution in [-0.2, 0) is 0 Å². The molecule has 7 nitrogen and oxygen atoms in total. The van der Waals surface area contributed by atoms with Crippen molar-refractivity contribution in [2.75, 3.05) is 5.32 Å². The fourth-order valence-corrected chi connectivity index (χ4v) is 3.52. The molecular formula is C18H14N6OS. The van der Waals surface area contributed by atoms with Crippen molar-refractivity contribution in [2.45, 2.75) is 18.9 Å². The largest absolute Gasteiger partial charge is 0.334 e. The number of anilines is 1. The molecule has 5 rings (SSSR count). The summed E-state index contributed by atoms with van der Waals surface area (Å²) in [6.07, 6.45) is 7.49. The maximum Gasteiger partial charge on any atom is 0.277 e. The van der Waals surface area contributed by atoms with E-state index in [1.807, 2.05) is 34.2 Å². The van der Waals surface area contributed by atoms with E-state index in [1.165, 1.54) is 11.3 Å². The van der Waals surface area contributed by atoms with Gasteiger partial charge < -0.3 is 9.88 Å². The second kappa shape index (κ2) is 5.99. The van der Waals surface area contributed by atoms with Gasteiger partial charge in [0.25, 0.3) is 5.91 Å². The van der Waals surface area contributed by atoms with Crippen molar-refractivity contribution in [1.82, 2.24) is 24.5 Å². The third kappa shape index (κ3) is 2.74. The van der Waals surface area contributed by atoms with E-state index >= 15 is 0 Å². The molecule has 0 spiro atoms. The molecule has 1 amide bonds. The van der Waals surface area contributed by atoms with Crippen LogP contribution in [0.15, 0.2) is 48.4 Å². The van der Waals surface area contributed by atoms with Gasteiger partial charge in [0.2, 0.25) is 0 Å². The van der Waals surface area contributed by atoms with Gasteiger partial charge in [-0.2, -0.15) is 0 Å². The van der Waals surface area contributed by atoms with Crippen LogP contribution in [0.2, 0.25) is 0 Å². The van der Waals surface area contributed by atoms with E-state index in [0.717, 1.165) is 23.1 Å². The third-order valence-corrected chi connectivity index (χ3v) is 5.06. The lowest BCUT2D eigenvalue weighted by atomic mass is 10.3. The molecule has 1 fully saturated rings. The molecule has 8 heteroatoms. The smallest absolute Gasteiger partial charge is 0.277 e. The van der Waals surface area contributed by atoms with Gasteiger partial charge in [-0.1, -0.05) is 6.07 Å². The van der Waals surface area contributed by atoms with Gasteiger partial charge in [0.05, 0.1) is 11.7 Å². The van der Waals surface area contributed by atoms with Crippen LogP contribution < -0.4 is 5.32 Å². The van der Waals surface area contributed by atoms with Crippen LogP contribution in [0.25, 0.3) is 21.7 Å². The van der Waals surface area contributed by atoms with Crippen molar-refractivity contribution in [3.63, 3.8) is 0 Å². The summed E-state index contributed by atoms with van der Waals surface area (Å²) >= 11 is 1.50. The summed E-state index contributed by atoms with van der Waals surface area (Å²) in [4.78, 5) is 31.0. The van der Waals surface area contributed by atoms with Crippen LogP contribution in [0.1, 0.15) is 29.4 Å². The van der Waals surface area contributed by atoms with Crippen molar-refractivity contribution < 1.29 is 4.79 Å². The van der Waals surface area contributed by atoms with Gasteiger partial charge in [0.1, 0.15) is 22.0 Å². The van der Waals surface area contributed by atoms with Gasteiger partial charge in [0, 0.05) is 18.4 Å². The van der Waals surface area contributed by atoms with Gasteiger partial charge in [-0.25, -0.2) is 15.0 Å². The molecule has 4 aromatic rings. The van der Waals surface area contributed by atoms with Crippen LogP contribution in [0.4, 0.5) is 5.82 Å². The number of amides is 1. The van der Waals surface area contributed by atoms with E-state index in [-0.39, 0.29) is 5.91 Å². The summed E-state index contributed by atoms with van der Waals surface area (Å²) in [5.74, 6) is 0.685. The van der Waals surface area contributed by atoms with Crippen molar-refractivity contribution in [3.05, 3.63) is 54.1 Å². The Hall–Kier alpha value is -3.13. The number of aromatic nitrogens is 5. The maximum atomic E-state index is 12.6. The Balaban J connectivity index is 1.50. The van der Waals surface area contributed by atoms with Gasteiger partial charge >= 0.3 is 0 Å². The first-order valence-corrected chi connectivity index (χ1v) is 9.17. The third-order valence-electron chi connectivity index (χ3n) is 4.25. The molecule has 1 aliphatic carbocycles. The summed E-state index contributed by atoms with van der Waals surface area (Å²) in [6, 6.07) is 7.96. The predicted octanol–water partition coefficient (Wildman–Crippen LogP) is 3.54. The number of pyridine rings is 1. The molecule has 26 heavy (non-hydrogen) atoms. The first kappa shape index (κ1) is 15.2. The average Bonchev–Trinajstić information content (AvgIpc) is 3.20. The van der Waals surface area contributed by atoms with Gasteiger partial charge in [-0.05, 0) is 36.4 Å². The molecule has 0 aromatic carbocycles. The summed E-state index contributed by atoms with van der Waals surface area (Å²) < 4.78 is 1.99. The fraction of sp³-hybridized carbons (Fsp3) is 0.167. The highest BCUT2D eigenvalue weighted by molar-refractivity contribution is 7.16. The van der Waals surface area contributed by atoms with Crippen molar-refractivity contribution in [1.29, 1.82) is 0 Å². The molecule has 0 atom stereocenters. The SMILES string of the molecule is O=C(Nc1nc(-c2ccccn2)nc2sccc12)c1cn(C2CC2)cn1. The highest BCUT2D eigenvalue weighted by Crippen LogP contribution is 2.34. The van der Waals surface area contributed by atoms with Gasteiger partial charge in [0.15, 0.2) is 5.82 Å². The lowest BCUT2D eigenvalue weighted by Crippen LogP contribution is -2.14. The second-order valence-corrected chi connectivity index (χ2v) is 7.04. The number of carbonyl (C=O) groups is 1. The van der Waals surface area contributed by atoms with Crippen LogP contribution in [0.3, 0.4) is 0 Å². The number of rotatable bonds is 4. The normalized spacial score (nSPS) is 13.8. The van der Waals surface area contributed by atoms with E-state index in [2.05, 4.69) is 25.3 Å². The number of fused-ring (bicyclic) bond motifs is 1. The maximum absolute atomic E-state index is 12.6. The molecule has 128 valence electrons. The van der Waals surface area contributed by atoms with E-state index in [1.54, 1.807) is 18.7 Å². The molecule has 4 heterocycles. The van der Waals surface area contributed by atoms with E-state index in [4.69, 9.17) is 0 Å². The fourth-order valence-electron chi connectivity index (χ4n) is 2.76. The quantitative estimate of drug-likeness (QED) is 0.600. The summed E-state index contributed by atoms with van der Waals surface area (Å²) in [7, 11) is 0. The number of carbonyl (C=O) groups excluding carboxylic acids is 1. The minimum atomic E-state index is -0.275. The Labute approximate surface area is 152 Å². The van der Waals surface area contributed by atoms with Crippen LogP contribution in [0.5, 0.6) is 0 Å². The molecule has 0 saturated heterocycles. The number of hydrogen-bond donors (Lipinski definition) is 1. The second-order valence-electron chi connectivity index (χ2n) is 6.14. The van der Waals surface area contributed by atoms with Crippen LogP contribution >= 0.6 is 11.3 Å². The Morgan fingerprint density at radius 1 is 1.19 bits per heavy atom. The monoisotopic (exact) mass is 362 g/mol.